The lowest BCUT2D eigenvalue weighted by molar-refractivity contribution is -0.153. The summed E-state index contributed by atoms with van der Waals surface area (Å²) in [4.78, 5) is 27.2. The Hall–Kier alpha value is -3.01. The molecule has 0 bridgehead atoms. The number of nitriles is 1. The third-order valence-electron chi connectivity index (χ3n) is 6.53. The Labute approximate surface area is 232 Å². The van der Waals surface area contributed by atoms with Crippen molar-refractivity contribution in [2.24, 2.45) is 0 Å². The highest BCUT2D eigenvalue weighted by Crippen LogP contribution is 2.37. The number of ether oxygens (including phenoxy) is 1. The van der Waals surface area contributed by atoms with Gasteiger partial charge in [-0.15, -0.1) is 0 Å². The van der Waals surface area contributed by atoms with Gasteiger partial charge in [-0.2, -0.15) is 18.4 Å². The number of sulfone groups is 1. The molecular formula is C25H22Cl2F3N3O5S. The van der Waals surface area contributed by atoms with Crippen LogP contribution >= 0.6 is 23.2 Å². The molecule has 2 fully saturated rings. The lowest BCUT2D eigenvalue weighted by Gasteiger charge is -2.25. The van der Waals surface area contributed by atoms with Crippen molar-refractivity contribution in [2.45, 2.75) is 53.6 Å². The zero-order chi connectivity index (χ0) is 28.6. The third-order valence-corrected chi connectivity index (χ3v) is 9.40. The van der Waals surface area contributed by atoms with E-state index in [0.717, 1.165) is 18.2 Å². The van der Waals surface area contributed by atoms with Crippen LogP contribution in [-0.4, -0.2) is 61.3 Å². The van der Waals surface area contributed by atoms with Crippen molar-refractivity contribution in [3.8, 4) is 11.8 Å². The van der Waals surface area contributed by atoms with E-state index in [4.69, 9.17) is 23.2 Å². The minimum Gasteiger partial charge on any atom is -0.484 e. The fourth-order valence-electron chi connectivity index (χ4n) is 4.28. The fourth-order valence-corrected chi connectivity index (χ4v) is 6.64. The standard InChI is InChI=1S/C25H22Cl2F3N3O5S/c26-16-3-1-15(2-4-16)9-22(34)33-12-18(11-20(33)23(35)32-24(13-31)7-8-24)39(36,37)21-6-5-17(10-19(21)27)38-14-25(28,29)30/h1-6,10,18,20H,7-9,11-12,14H2,(H,32,35)/t18-,20+/m1/s1. The highest BCUT2D eigenvalue weighted by atomic mass is 35.5. The molecule has 1 heterocycles. The first-order valence-corrected chi connectivity index (χ1v) is 14.0. The molecule has 2 amide bonds. The molecule has 2 aromatic carbocycles. The van der Waals surface area contributed by atoms with E-state index in [1.54, 1.807) is 24.3 Å². The minimum atomic E-state index is -4.59. The Bertz CT molecular complexity index is 1420. The van der Waals surface area contributed by atoms with Crippen LogP contribution in [0.5, 0.6) is 5.75 Å². The van der Waals surface area contributed by atoms with E-state index in [9.17, 15) is 36.4 Å². The number of halogens is 5. The summed E-state index contributed by atoms with van der Waals surface area (Å²) >= 11 is 12.0. The highest BCUT2D eigenvalue weighted by molar-refractivity contribution is 7.92. The van der Waals surface area contributed by atoms with Gasteiger partial charge in [-0.05, 0) is 49.1 Å². The molecule has 2 aromatic rings. The molecule has 14 heteroatoms. The number of carbonyl (C=O) groups is 2. The molecule has 0 aromatic heterocycles. The van der Waals surface area contributed by atoms with Crippen LogP contribution in [0.2, 0.25) is 10.0 Å². The number of benzene rings is 2. The number of hydrogen-bond acceptors (Lipinski definition) is 6. The van der Waals surface area contributed by atoms with Gasteiger partial charge >= 0.3 is 6.18 Å². The minimum absolute atomic E-state index is 0.122. The summed E-state index contributed by atoms with van der Waals surface area (Å²) in [6.07, 6.45) is -4.08. The Morgan fingerprint density at radius 1 is 1.15 bits per heavy atom. The molecule has 4 rings (SSSR count). The average Bonchev–Trinajstić information content (AvgIpc) is 3.48. The molecule has 1 N–H and O–H groups in total. The Morgan fingerprint density at radius 3 is 2.38 bits per heavy atom. The van der Waals surface area contributed by atoms with Crippen molar-refractivity contribution >= 4 is 44.9 Å². The number of nitrogens with zero attached hydrogens (tertiary/aromatic N) is 2. The number of alkyl halides is 3. The second kappa shape index (κ2) is 10.9. The first-order chi connectivity index (χ1) is 18.2. The molecule has 1 saturated heterocycles. The zero-order valence-corrected chi connectivity index (χ0v) is 22.5. The van der Waals surface area contributed by atoms with Crippen LogP contribution in [0.15, 0.2) is 47.4 Å². The van der Waals surface area contributed by atoms with Crippen molar-refractivity contribution in [1.82, 2.24) is 10.2 Å². The van der Waals surface area contributed by atoms with E-state index >= 15 is 0 Å². The Morgan fingerprint density at radius 2 is 1.82 bits per heavy atom. The van der Waals surface area contributed by atoms with E-state index < -0.39 is 51.3 Å². The van der Waals surface area contributed by atoms with Gasteiger partial charge in [0.15, 0.2) is 16.4 Å². The lowest BCUT2D eigenvalue weighted by Crippen LogP contribution is -2.49. The Balaban J connectivity index is 1.57. The van der Waals surface area contributed by atoms with Gasteiger partial charge in [0.2, 0.25) is 11.8 Å². The van der Waals surface area contributed by atoms with Crippen LogP contribution < -0.4 is 10.1 Å². The first-order valence-electron chi connectivity index (χ1n) is 11.7. The lowest BCUT2D eigenvalue weighted by atomic mass is 10.1. The van der Waals surface area contributed by atoms with E-state index in [1.807, 2.05) is 6.07 Å². The molecule has 1 aliphatic heterocycles. The summed E-state index contributed by atoms with van der Waals surface area (Å²) in [7, 11) is -4.24. The maximum atomic E-state index is 13.5. The Kier molecular flexibility index (Phi) is 8.08. The van der Waals surface area contributed by atoms with E-state index in [1.165, 1.54) is 4.90 Å². The quantitative estimate of drug-likeness (QED) is 0.486. The predicted molar refractivity (Wildman–Crippen MR) is 135 cm³/mol. The summed E-state index contributed by atoms with van der Waals surface area (Å²) in [6.45, 7) is -1.90. The van der Waals surface area contributed by atoms with Crippen LogP contribution in [0.25, 0.3) is 0 Å². The van der Waals surface area contributed by atoms with Crippen LogP contribution in [0.4, 0.5) is 13.2 Å². The normalized spacial score (nSPS) is 20.3. The molecule has 2 aliphatic rings. The SMILES string of the molecule is N#CC1(NC(=O)[C@@H]2C[C@@H](S(=O)(=O)c3ccc(OCC(F)(F)F)cc3Cl)CN2C(=O)Cc2ccc(Cl)cc2)CC1. The van der Waals surface area contributed by atoms with E-state index in [2.05, 4.69) is 10.1 Å². The topological polar surface area (TPSA) is 117 Å². The van der Waals surface area contributed by atoms with Gasteiger partial charge in [0.1, 0.15) is 17.3 Å². The van der Waals surface area contributed by atoms with Crippen molar-refractivity contribution in [3.05, 3.63) is 58.1 Å². The molecule has 0 spiro atoms. The molecule has 8 nitrogen and oxygen atoms in total. The van der Waals surface area contributed by atoms with Crippen molar-refractivity contribution < 1.29 is 35.9 Å². The number of likely N-dealkylation sites (tertiary alicyclic amines) is 1. The first kappa shape index (κ1) is 29.0. The average molecular weight is 604 g/mol. The van der Waals surface area contributed by atoms with Crippen LogP contribution in [0.1, 0.15) is 24.8 Å². The van der Waals surface area contributed by atoms with Gasteiger partial charge in [-0.3, -0.25) is 9.59 Å². The molecule has 208 valence electrons. The molecular weight excluding hydrogens is 582 g/mol. The number of hydrogen-bond donors (Lipinski definition) is 1. The number of nitrogens with one attached hydrogen (secondary N) is 1. The van der Waals surface area contributed by atoms with Crippen molar-refractivity contribution in [1.29, 1.82) is 5.26 Å². The maximum Gasteiger partial charge on any atom is 0.422 e. The summed E-state index contributed by atoms with van der Waals surface area (Å²) < 4.78 is 69.1. The van der Waals surface area contributed by atoms with Gasteiger partial charge in [0, 0.05) is 17.6 Å². The fraction of sp³-hybridized carbons (Fsp3) is 0.400. The smallest absolute Gasteiger partial charge is 0.422 e. The van der Waals surface area contributed by atoms with Gasteiger partial charge in [-0.1, -0.05) is 35.3 Å². The summed E-state index contributed by atoms with van der Waals surface area (Å²) in [5.74, 6) is -1.41. The number of amides is 2. The molecule has 0 unspecified atom stereocenters. The van der Waals surface area contributed by atoms with Gasteiger partial charge in [0.05, 0.1) is 27.7 Å². The zero-order valence-electron chi connectivity index (χ0n) is 20.2. The monoisotopic (exact) mass is 603 g/mol. The predicted octanol–water partition coefficient (Wildman–Crippen LogP) is 4.09. The molecule has 2 atom stereocenters. The summed E-state index contributed by atoms with van der Waals surface area (Å²) in [5, 5.41) is 10.9. The molecule has 1 aliphatic carbocycles. The molecule has 1 saturated carbocycles. The van der Waals surface area contributed by atoms with Crippen molar-refractivity contribution in [3.63, 3.8) is 0 Å². The van der Waals surface area contributed by atoms with Gasteiger partial charge in [0.25, 0.3) is 0 Å². The van der Waals surface area contributed by atoms with Crippen LogP contribution in [0.3, 0.4) is 0 Å². The highest BCUT2D eigenvalue weighted by Gasteiger charge is 2.50. The number of rotatable bonds is 8. The maximum absolute atomic E-state index is 13.5. The third kappa shape index (κ3) is 6.77. The molecule has 39 heavy (non-hydrogen) atoms. The van der Waals surface area contributed by atoms with Gasteiger partial charge < -0.3 is 15.0 Å². The number of carbonyl (C=O) groups excluding carboxylic acids is 2. The summed E-state index contributed by atoms with van der Waals surface area (Å²) in [6, 6.07) is 10.4. The van der Waals surface area contributed by atoms with Gasteiger partial charge in [-0.25, -0.2) is 8.42 Å². The van der Waals surface area contributed by atoms with Crippen LogP contribution in [-0.2, 0) is 25.8 Å². The van der Waals surface area contributed by atoms with E-state index in [-0.39, 0.29) is 35.1 Å². The van der Waals surface area contributed by atoms with Crippen molar-refractivity contribution in [2.75, 3.05) is 13.2 Å². The van der Waals surface area contributed by atoms with E-state index in [0.29, 0.717) is 23.4 Å². The summed E-state index contributed by atoms with van der Waals surface area (Å²) in [5.41, 5.74) is -0.433. The second-order valence-electron chi connectivity index (χ2n) is 9.45. The molecule has 0 radical (unpaired) electrons. The second-order valence-corrected chi connectivity index (χ2v) is 12.5. The largest absolute Gasteiger partial charge is 0.484 e. The van der Waals surface area contributed by atoms with Crippen LogP contribution in [0, 0.1) is 11.3 Å².